The Balaban J connectivity index is 1.63. The van der Waals surface area contributed by atoms with Crippen LogP contribution in [0, 0.1) is 12.8 Å². The first-order valence-electron chi connectivity index (χ1n) is 12.6. The van der Waals surface area contributed by atoms with Gasteiger partial charge in [-0.3, -0.25) is 4.79 Å². The highest BCUT2D eigenvalue weighted by molar-refractivity contribution is 6.07. The highest BCUT2D eigenvalue weighted by Gasteiger charge is 2.22. The number of carbonyl (C=O) groups excluding carboxylic acids is 1. The number of ether oxygens (including phenoxy) is 1. The number of furan rings is 1. The molecule has 4 aromatic rings. The van der Waals surface area contributed by atoms with Gasteiger partial charge in [0.1, 0.15) is 11.3 Å². The molecule has 1 aliphatic heterocycles. The number of allylic oxidation sites excluding steroid dienone is 1. The zero-order valence-corrected chi connectivity index (χ0v) is 21.1. The molecule has 3 aromatic carbocycles. The quantitative estimate of drug-likeness (QED) is 0.284. The van der Waals surface area contributed by atoms with Crippen LogP contribution in [0.1, 0.15) is 44.7 Å². The predicted molar refractivity (Wildman–Crippen MR) is 144 cm³/mol. The van der Waals surface area contributed by atoms with Crippen molar-refractivity contribution in [2.24, 2.45) is 5.92 Å². The third-order valence-electron chi connectivity index (χ3n) is 7.27. The molecule has 0 N–H and O–H groups in total. The van der Waals surface area contributed by atoms with Crippen molar-refractivity contribution in [2.45, 2.75) is 40.5 Å². The van der Waals surface area contributed by atoms with E-state index in [2.05, 4.69) is 55.5 Å². The Morgan fingerprint density at radius 2 is 1.83 bits per heavy atom. The van der Waals surface area contributed by atoms with E-state index in [1.165, 1.54) is 10.8 Å². The topological polar surface area (TPSA) is 42.7 Å². The van der Waals surface area contributed by atoms with Crippen molar-refractivity contribution in [1.29, 1.82) is 0 Å². The standard InChI is InChI=1S/C31H33NO3/c1-5-34-30-22(4)31-27(18-26(30)21(3)17-29(33)32-15-13-20(2)14-16-32)28(19-35-31)25-12-8-10-23-9-6-7-11-24(23)25/h6-12,17-20H,5,13-16H2,1-4H3/b21-17+. The third-order valence-corrected chi connectivity index (χ3v) is 7.27. The Bertz CT molecular complexity index is 1410. The minimum atomic E-state index is 0.0797. The second-order valence-electron chi connectivity index (χ2n) is 9.70. The summed E-state index contributed by atoms with van der Waals surface area (Å²) in [7, 11) is 0. The molecule has 1 amide bonds. The number of hydrogen-bond donors (Lipinski definition) is 0. The fourth-order valence-electron chi connectivity index (χ4n) is 5.19. The first kappa shape index (κ1) is 23.2. The molecular formula is C31H33NO3. The lowest BCUT2D eigenvalue weighted by Crippen LogP contribution is -2.36. The van der Waals surface area contributed by atoms with Crippen molar-refractivity contribution in [3.63, 3.8) is 0 Å². The van der Waals surface area contributed by atoms with Gasteiger partial charge in [0.2, 0.25) is 5.91 Å². The van der Waals surface area contributed by atoms with Crippen LogP contribution in [-0.2, 0) is 4.79 Å². The number of likely N-dealkylation sites (tertiary alicyclic amines) is 1. The summed E-state index contributed by atoms with van der Waals surface area (Å²) in [5.41, 5.74) is 5.82. The predicted octanol–water partition coefficient (Wildman–Crippen LogP) is 7.62. The molecule has 5 rings (SSSR count). The van der Waals surface area contributed by atoms with Gasteiger partial charge in [-0.05, 0) is 67.5 Å². The summed E-state index contributed by atoms with van der Waals surface area (Å²) in [4.78, 5) is 15.0. The molecule has 0 aliphatic carbocycles. The van der Waals surface area contributed by atoms with Crippen LogP contribution in [0.2, 0.25) is 0 Å². The van der Waals surface area contributed by atoms with Crippen molar-refractivity contribution in [3.05, 3.63) is 72.0 Å². The number of rotatable bonds is 5. The second-order valence-corrected chi connectivity index (χ2v) is 9.70. The van der Waals surface area contributed by atoms with Crippen molar-refractivity contribution in [2.75, 3.05) is 19.7 Å². The molecule has 1 saturated heterocycles. The minimum Gasteiger partial charge on any atom is -0.493 e. The number of nitrogens with zero attached hydrogens (tertiary/aromatic N) is 1. The molecule has 4 nitrogen and oxygen atoms in total. The average molecular weight is 468 g/mol. The Morgan fingerprint density at radius 1 is 1.09 bits per heavy atom. The first-order chi connectivity index (χ1) is 17.0. The first-order valence-corrected chi connectivity index (χ1v) is 12.6. The smallest absolute Gasteiger partial charge is 0.246 e. The lowest BCUT2D eigenvalue weighted by atomic mass is 9.94. The van der Waals surface area contributed by atoms with Gasteiger partial charge in [-0.2, -0.15) is 0 Å². The number of carbonyl (C=O) groups is 1. The van der Waals surface area contributed by atoms with Crippen molar-refractivity contribution in [1.82, 2.24) is 4.90 Å². The van der Waals surface area contributed by atoms with E-state index < -0.39 is 0 Å². The van der Waals surface area contributed by atoms with E-state index in [1.54, 1.807) is 6.08 Å². The summed E-state index contributed by atoms with van der Waals surface area (Å²) in [5, 5.41) is 3.41. The van der Waals surface area contributed by atoms with E-state index in [0.29, 0.717) is 12.5 Å². The highest BCUT2D eigenvalue weighted by atomic mass is 16.5. The summed E-state index contributed by atoms with van der Waals surface area (Å²) >= 11 is 0. The zero-order valence-electron chi connectivity index (χ0n) is 21.1. The number of hydrogen-bond acceptors (Lipinski definition) is 3. The summed E-state index contributed by atoms with van der Waals surface area (Å²) in [6.45, 7) is 10.5. The van der Waals surface area contributed by atoms with Crippen LogP contribution in [-0.4, -0.2) is 30.5 Å². The third kappa shape index (κ3) is 4.34. The van der Waals surface area contributed by atoms with E-state index in [1.807, 2.05) is 31.9 Å². The molecule has 0 unspecified atom stereocenters. The van der Waals surface area contributed by atoms with Gasteiger partial charge in [0.25, 0.3) is 0 Å². The molecular weight excluding hydrogens is 434 g/mol. The molecule has 2 heterocycles. The van der Waals surface area contributed by atoms with Gasteiger partial charge in [-0.1, -0.05) is 49.4 Å². The van der Waals surface area contributed by atoms with Gasteiger partial charge >= 0.3 is 0 Å². The summed E-state index contributed by atoms with van der Waals surface area (Å²) < 4.78 is 12.2. The van der Waals surface area contributed by atoms with E-state index in [4.69, 9.17) is 9.15 Å². The van der Waals surface area contributed by atoms with E-state index in [-0.39, 0.29) is 5.91 Å². The maximum Gasteiger partial charge on any atom is 0.246 e. The molecule has 1 fully saturated rings. The van der Waals surface area contributed by atoms with Gasteiger partial charge in [-0.15, -0.1) is 0 Å². The molecule has 0 radical (unpaired) electrons. The van der Waals surface area contributed by atoms with Gasteiger partial charge in [0.15, 0.2) is 0 Å². The number of aryl methyl sites for hydroxylation is 1. The lowest BCUT2D eigenvalue weighted by molar-refractivity contribution is -0.127. The summed E-state index contributed by atoms with van der Waals surface area (Å²) in [5.74, 6) is 1.55. The van der Waals surface area contributed by atoms with Gasteiger partial charge in [0.05, 0.1) is 12.9 Å². The Labute approximate surface area is 207 Å². The zero-order chi connectivity index (χ0) is 24.5. The van der Waals surface area contributed by atoms with Crippen molar-refractivity contribution < 1.29 is 13.9 Å². The SMILES string of the molecule is CCOc1c(/C(C)=C/C(=O)N2CCC(C)CC2)cc2c(-c3cccc4ccccc34)coc2c1C. The van der Waals surface area contributed by atoms with Crippen LogP contribution >= 0.6 is 0 Å². The largest absolute Gasteiger partial charge is 0.493 e. The fourth-order valence-corrected chi connectivity index (χ4v) is 5.19. The highest BCUT2D eigenvalue weighted by Crippen LogP contribution is 2.42. The molecule has 180 valence electrons. The average Bonchev–Trinajstić information content (AvgIpc) is 3.29. The van der Waals surface area contributed by atoms with Gasteiger partial charge < -0.3 is 14.1 Å². The number of amides is 1. The maximum atomic E-state index is 13.1. The van der Waals surface area contributed by atoms with E-state index >= 15 is 0 Å². The molecule has 0 bridgehead atoms. The lowest BCUT2D eigenvalue weighted by Gasteiger charge is -2.29. The number of benzene rings is 3. The van der Waals surface area contributed by atoms with Crippen LogP contribution in [0.25, 0.3) is 38.4 Å². The van der Waals surface area contributed by atoms with Crippen molar-refractivity contribution >= 4 is 33.2 Å². The Kier molecular flexibility index (Phi) is 6.38. The molecule has 35 heavy (non-hydrogen) atoms. The van der Waals surface area contributed by atoms with Crippen LogP contribution in [0.5, 0.6) is 5.75 Å². The Hall–Kier alpha value is -3.53. The van der Waals surface area contributed by atoms with Gasteiger partial charge in [-0.25, -0.2) is 0 Å². The summed E-state index contributed by atoms with van der Waals surface area (Å²) in [6.07, 6.45) is 5.75. The van der Waals surface area contributed by atoms with Crippen molar-refractivity contribution in [3.8, 4) is 16.9 Å². The number of piperidine rings is 1. The molecule has 0 atom stereocenters. The van der Waals surface area contributed by atoms with Crippen LogP contribution in [0.4, 0.5) is 0 Å². The molecule has 4 heteroatoms. The number of fused-ring (bicyclic) bond motifs is 2. The van der Waals surface area contributed by atoms with Crippen LogP contribution in [0.15, 0.2) is 65.3 Å². The summed E-state index contributed by atoms with van der Waals surface area (Å²) in [6, 6.07) is 16.9. The minimum absolute atomic E-state index is 0.0797. The molecule has 0 spiro atoms. The van der Waals surface area contributed by atoms with Crippen LogP contribution in [0.3, 0.4) is 0 Å². The second kappa shape index (κ2) is 9.61. The Morgan fingerprint density at radius 3 is 2.60 bits per heavy atom. The molecule has 0 saturated carbocycles. The van der Waals surface area contributed by atoms with E-state index in [0.717, 1.165) is 70.5 Å². The normalized spacial score (nSPS) is 15.2. The molecule has 1 aliphatic rings. The van der Waals surface area contributed by atoms with Crippen LogP contribution < -0.4 is 4.74 Å². The fraction of sp³-hybridized carbons (Fsp3) is 0.323. The monoisotopic (exact) mass is 467 g/mol. The van der Waals surface area contributed by atoms with Gasteiger partial charge in [0, 0.05) is 41.2 Å². The maximum absolute atomic E-state index is 13.1. The molecule has 1 aromatic heterocycles. The van der Waals surface area contributed by atoms with E-state index in [9.17, 15) is 4.79 Å².